The van der Waals surface area contributed by atoms with E-state index in [1.165, 1.54) is 0 Å². The summed E-state index contributed by atoms with van der Waals surface area (Å²) in [7, 11) is 0. The number of anilines is 1. The van der Waals surface area contributed by atoms with Gasteiger partial charge in [-0.2, -0.15) is 0 Å². The lowest BCUT2D eigenvalue weighted by Crippen LogP contribution is -2.33. The molecule has 2 rings (SSSR count). The molecule has 0 atom stereocenters. The Morgan fingerprint density at radius 1 is 1.35 bits per heavy atom. The van der Waals surface area contributed by atoms with Crippen molar-refractivity contribution in [2.75, 3.05) is 11.4 Å². The molecule has 4 heteroatoms. The summed E-state index contributed by atoms with van der Waals surface area (Å²) in [5, 5.41) is 0. The quantitative estimate of drug-likeness (QED) is 0.803. The van der Waals surface area contributed by atoms with Crippen LogP contribution < -0.4 is 4.90 Å². The van der Waals surface area contributed by atoms with Gasteiger partial charge in [-0.1, -0.05) is 18.2 Å². The maximum atomic E-state index is 12.1. The summed E-state index contributed by atoms with van der Waals surface area (Å²) in [6.07, 6.45) is 5.11. The highest BCUT2D eigenvalue weighted by Gasteiger charge is 2.13. The SMILES string of the molecule is CCN(C(=O)Cn1ccnc1)c1ccccc1. The van der Waals surface area contributed by atoms with Gasteiger partial charge in [0.15, 0.2) is 0 Å². The molecule has 0 fully saturated rings. The maximum absolute atomic E-state index is 12.1. The summed E-state index contributed by atoms with van der Waals surface area (Å²) < 4.78 is 1.77. The van der Waals surface area contributed by atoms with Gasteiger partial charge < -0.3 is 9.47 Å². The predicted molar refractivity (Wildman–Crippen MR) is 66.7 cm³/mol. The Labute approximate surface area is 101 Å². The van der Waals surface area contributed by atoms with Gasteiger partial charge in [-0.3, -0.25) is 4.79 Å². The highest BCUT2D eigenvalue weighted by Crippen LogP contribution is 2.13. The summed E-state index contributed by atoms with van der Waals surface area (Å²) in [5.41, 5.74) is 0.931. The van der Waals surface area contributed by atoms with Crippen LogP contribution in [0.25, 0.3) is 0 Å². The summed E-state index contributed by atoms with van der Waals surface area (Å²) in [4.78, 5) is 17.8. The van der Waals surface area contributed by atoms with E-state index in [1.54, 1.807) is 28.2 Å². The van der Waals surface area contributed by atoms with Gasteiger partial charge in [-0.25, -0.2) is 4.98 Å². The zero-order valence-corrected chi connectivity index (χ0v) is 9.78. The molecule has 0 saturated heterocycles. The largest absolute Gasteiger partial charge is 0.328 e. The zero-order valence-electron chi connectivity index (χ0n) is 9.78. The van der Waals surface area contributed by atoms with Gasteiger partial charge >= 0.3 is 0 Å². The van der Waals surface area contributed by atoms with Crippen LogP contribution >= 0.6 is 0 Å². The number of benzene rings is 1. The number of carbonyl (C=O) groups is 1. The second-order valence-corrected chi connectivity index (χ2v) is 3.71. The fourth-order valence-corrected chi connectivity index (χ4v) is 1.73. The van der Waals surface area contributed by atoms with Gasteiger partial charge in [0.25, 0.3) is 0 Å². The van der Waals surface area contributed by atoms with Crippen molar-refractivity contribution in [3.8, 4) is 0 Å². The van der Waals surface area contributed by atoms with Crippen molar-refractivity contribution in [3.05, 3.63) is 49.1 Å². The lowest BCUT2D eigenvalue weighted by molar-refractivity contribution is -0.119. The van der Waals surface area contributed by atoms with E-state index in [1.807, 2.05) is 37.3 Å². The van der Waals surface area contributed by atoms with E-state index in [-0.39, 0.29) is 5.91 Å². The average Bonchev–Trinajstić information content (AvgIpc) is 2.84. The van der Waals surface area contributed by atoms with E-state index < -0.39 is 0 Å². The Balaban J connectivity index is 2.11. The van der Waals surface area contributed by atoms with E-state index in [0.717, 1.165) is 5.69 Å². The number of hydrogen-bond donors (Lipinski definition) is 0. The first-order valence-electron chi connectivity index (χ1n) is 5.62. The number of aromatic nitrogens is 2. The summed E-state index contributed by atoms with van der Waals surface area (Å²) in [6.45, 7) is 2.96. The van der Waals surface area contributed by atoms with Gasteiger partial charge in [0.2, 0.25) is 5.91 Å². The molecule has 1 heterocycles. The number of carbonyl (C=O) groups excluding carboxylic acids is 1. The second-order valence-electron chi connectivity index (χ2n) is 3.71. The van der Waals surface area contributed by atoms with Crippen molar-refractivity contribution in [1.29, 1.82) is 0 Å². The molecule has 0 radical (unpaired) electrons. The predicted octanol–water partition coefficient (Wildman–Crippen LogP) is 1.94. The van der Waals surface area contributed by atoms with E-state index in [2.05, 4.69) is 4.98 Å². The Morgan fingerprint density at radius 3 is 2.71 bits per heavy atom. The first-order chi connectivity index (χ1) is 8.31. The Morgan fingerprint density at radius 2 is 2.12 bits per heavy atom. The van der Waals surface area contributed by atoms with Crippen molar-refractivity contribution in [2.45, 2.75) is 13.5 Å². The Kier molecular flexibility index (Phi) is 3.55. The Hall–Kier alpha value is -2.10. The van der Waals surface area contributed by atoms with Crippen LogP contribution in [0.3, 0.4) is 0 Å². The molecule has 0 aliphatic heterocycles. The molecule has 1 aromatic heterocycles. The normalized spacial score (nSPS) is 10.2. The third-order valence-corrected chi connectivity index (χ3v) is 2.56. The molecule has 0 saturated carbocycles. The monoisotopic (exact) mass is 229 g/mol. The van der Waals surface area contributed by atoms with Crippen LogP contribution in [0.15, 0.2) is 49.1 Å². The molecular formula is C13H15N3O. The van der Waals surface area contributed by atoms with Gasteiger partial charge in [-0.15, -0.1) is 0 Å². The highest BCUT2D eigenvalue weighted by atomic mass is 16.2. The minimum Gasteiger partial charge on any atom is -0.328 e. The number of rotatable bonds is 4. The van der Waals surface area contributed by atoms with Crippen molar-refractivity contribution in [3.63, 3.8) is 0 Å². The molecule has 2 aromatic rings. The van der Waals surface area contributed by atoms with Gasteiger partial charge in [0.05, 0.1) is 6.33 Å². The van der Waals surface area contributed by atoms with Gasteiger partial charge in [0, 0.05) is 24.6 Å². The molecule has 1 aromatic carbocycles. The van der Waals surface area contributed by atoms with E-state index in [9.17, 15) is 4.79 Å². The Bertz CT molecular complexity index is 465. The molecule has 0 aliphatic carbocycles. The van der Waals surface area contributed by atoms with Crippen molar-refractivity contribution in [2.24, 2.45) is 0 Å². The fraction of sp³-hybridized carbons (Fsp3) is 0.231. The van der Waals surface area contributed by atoms with Crippen LogP contribution in [-0.4, -0.2) is 22.0 Å². The van der Waals surface area contributed by atoms with Crippen LogP contribution in [0.5, 0.6) is 0 Å². The summed E-state index contributed by atoms with van der Waals surface area (Å²) in [5.74, 6) is 0.0664. The highest BCUT2D eigenvalue weighted by molar-refractivity contribution is 5.93. The number of likely N-dealkylation sites (N-methyl/N-ethyl adjacent to an activating group) is 1. The third kappa shape index (κ3) is 2.72. The number of nitrogens with zero attached hydrogens (tertiary/aromatic N) is 3. The van der Waals surface area contributed by atoms with Crippen molar-refractivity contribution >= 4 is 11.6 Å². The van der Waals surface area contributed by atoms with Gasteiger partial charge in [-0.05, 0) is 19.1 Å². The molecule has 0 spiro atoms. The van der Waals surface area contributed by atoms with E-state index in [0.29, 0.717) is 13.1 Å². The van der Waals surface area contributed by atoms with E-state index >= 15 is 0 Å². The first-order valence-corrected chi connectivity index (χ1v) is 5.62. The van der Waals surface area contributed by atoms with Crippen LogP contribution in [0, 0.1) is 0 Å². The number of imidazole rings is 1. The molecule has 1 amide bonds. The number of amides is 1. The van der Waals surface area contributed by atoms with E-state index in [4.69, 9.17) is 0 Å². The lowest BCUT2D eigenvalue weighted by Gasteiger charge is -2.21. The molecule has 88 valence electrons. The number of para-hydroxylation sites is 1. The topological polar surface area (TPSA) is 38.1 Å². The molecule has 0 unspecified atom stereocenters. The second kappa shape index (κ2) is 5.30. The average molecular weight is 229 g/mol. The van der Waals surface area contributed by atoms with Crippen molar-refractivity contribution in [1.82, 2.24) is 9.55 Å². The molecular weight excluding hydrogens is 214 g/mol. The fourth-order valence-electron chi connectivity index (χ4n) is 1.73. The van der Waals surface area contributed by atoms with Crippen LogP contribution in [0.4, 0.5) is 5.69 Å². The minimum atomic E-state index is 0.0664. The van der Waals surface area contributed by atoms with Crippen LogP contribution in [-0.2, 0) is 11.3 Å². The molecule has 0 N–H and O–H groups in total. The van der Waals surface area contributed by atoms with Crippen LogP contribution in [0.2, 0.25) is 0 Å². The molecule has 0 bridgehead atoms. The maximum Gasteiger partial charge on any atom is 0.246 e. The molecule has 4 nitrogen and oxygen atoms in total. The summed E-state index contributed by atoms with van der Waals surface area (Å²) >= 11 is 0. The minimum absolute atomic E-state index is 0.0664. The third-order valence-electron chi connectivity index (χ3n) is 2.56. The molecule has 0 aliphatic rings. The van der Waals surface area contributed by atoms with Gasteiger partial charge in [0.1, 0.15) is 6.54 Å². The standard InChI is InChI=1S/C13H15N3O/c1-2-16(12-6-4-3-5-7-12)13(17)10-15-9-8-14-11-15/h3-9,11H,2,10H2,1H3. The summed E-state index contributed by atoms with van der Waals surface area (Å²) in [6, 6.07) is 9.69. The van der Waals surface area contributed by atoms with Crippen LogP contribution in [0.1, 0.15) is 6.92 Å². The molecule has 17 heavy (non-hydrogen) atoms. The van der Waals surface area contributed by atoms with Crippen molar-refractivity contribution < 1.29 is 4.79 Å². The lowest BCUT2D eigenvalue weighted by atomic mass is 10.3. The number of hydrogen-bond acceptors (Lipinski definition) is 2. The smallest absolute Gasteiger partial charge is 0.246 e. The first kappa shape index (κ1) is 11.4. The zero-order chi connectivity index (χ0) is 12.1.